The van der Waals surface area contributed by atoms with Crippen LogP contribution in [0.15, 0.2) is 16.6 Å². The van der Waals surface area contributed by atoms with Gasteiger partial charge in [0.2, 0.25) is 0 Å². The quantitative estimate of drug-likeness (QED) is 0.894. The summed E-state index contributed by atoms with van der Waals surface area (Å²) in [5.41, 5.74) is 1.05. The Morgan fingerprint density at radius 2 is 2.11 bits per heavy atom. The molecule has 1 atom stereocenters. The van der Waals surface area contributed by atoms with Gasteiger partial charge in [0.25, 0.3) is 0 Å². The molecule has 0 aromatic heterocycles. The Hall–Kier alpha value is -0.780. The second-order valence-corrected chi connectivity index (χ2v) is 6.34. The van der Waals surface area contributed by atoms with Crippen LogP contribution in [0, 0.1) is 5.41 Å². The minimum Gasteiger partial charge on any atom is -0.489 e. The van der Waals surface area contributed by atoms with Gasteiger partial charge in [-0.25, -0.2) is 0 Å². The number of hydrogen-bond acceptors (Lipinski definition) is 4. The van der Waals surface area contributed by atoms with Crippen LogP contribution in [-0.2, 0) is 0 Å². The summed E-state index contributed by atoms with van der Waals surface area (Å²) in [6, 6.07) is 3.78. The number of rotatable bonds is 3. The van der Waals surface area contributed by atoms with Crippen LogP contribution in [0.3, 0.4) is 0 Å². The minimum atomic E-state index is -0.548. The van der Waals surface area contributed by atoms with Crippen LogP contribution in [-0.4, -0.2) is 31.9 Å². The van der Waals surface area contributed by atoms with Gasteiger partial charge in [-0.1, -0.05) is 0 Å². The van der Waals surface area contributed by atoms with Gasteiger partial charge in [-0.05, 0) is 53.5 Å². The van der Waals surface area contributed by atoms with E-state index in [9.17, 15) is 5.11 Å². The van der Waals surface area contributed by atoms with Gasteiger partial charge in [0, 0.05) is 12.0 Å². The van der Waals surface area contributed by atoms with Gasteiger partial charge in [-0.2, -0.15) is 0 Å². The lowest BCUT2D eigenvalue weighted by atomic mass is 10.1. The number of aliphatic hydroxyl groups excluding tert-OH is 1. The maximum Gasteiger partial charge on any atom is 0.175 e. The molecule has 19 heavy (non-hydrogen) atoms. The van der Waals surface area contributed by atoms with E-state index in [1.54, 1.807) is 0 Å². The molecule has 0 bridgehead atoms. The molecule has 0 radical (unpaired) electrons. The van der Waals surface area contributed by atoms with E-state index in [-0.39, 0.29) is 5.41 Å². The Morgan fingerprint density at radius 1 is 1.37 bits per heavy atom. The zero-order valence-electron chi connectivity index (χ0n) is 10.9. The van der Waals surface area contributed by atoms with E-state index in [1.165, 1.54) is 12.8 Å². The smallest absolute Gasteiger partial charge is 0.175 e. The summed E-state index contributed by atoms with van der Waals surface area (Å²) in [6.45, 7) is 1.94. The monoisotopic (exact) mass is 327 g/mol. The van der Waals surface area contributed by atoms with E-state index in [4.69, 9.17) is 9.47 Å². The Morgan fingerprint density at radius 3 is 2.79 bits per heavy atom. The van der Waals surface area contributed by atoms with Crippen LogP contribution in [0.1, 0.15) is 24.5 Å². The molecular weight excluding hydrogens is 310 g/mol. The molecule has 104 valence electrons. The van der Waals surface area contributed by atoms with Crippen LogP contribution >= 0.6 is 15.9 Å². The SMILES string of the molecule is CNCC(O)c1cc(Br)c2c(c1)OCC1(CC1)CO2. The molecule has 1 spiro atoms. The van der Waals surface area contributed by atoms with Crippen molar-refractivity contribution in [2.24, 2.45) is 5.41 Å². The van der Waals surface area contributed by atoms with E-state index in [1.807, 2.05) is 19.2 Å². The van der Waals surface area contributed by atoms with E-state index >= 15 is 0 Å². The molecule has 0 saturated heterocycles. The van der Waals surface area contributed by atoms with E-state index in [2.05, 4.69) is 21.2 Å². The van der Waals surface area contributed by atoms with Gasteiger partial charge in [-0.3, -0.25) is 0 Å². The lowest BCUT2D eigenvalue weighted by Crippen LogP contribution is -2.17. The third-order valence-electron chi connectivity index (χ3n) is 3.83. The molecule has 5 heteroatoms. The van der Waals surface area contributed by atoms with Crippen molar-refractivity contribution < 1.29 is 14.6 Å². The van der Waals surface area contributed by atoms with Gasteiger partial charge in [0.15, 0.2) is 11.5 Å². The first kappa shape index (κ1) is 13.2. The van der Waals surface area contributed by atoms with E-state index in [0.29, 0.717) is 13.2 Å². The molecule has 1 fully saturated rings. The molecule has 1 aliphatic carbocycles. The predicted molar refractivity (Wildman–Crippen MR) is 75.7 cm³/mol. The fraction of sp³-hybridized carbons (Fsp3) is 0.571. The standard InChI is InChI=1S/C14H18BrNO3/c1-16-6-11(17)9-4-10(15)13-12(5-9)18-7-14(2-3-14)8-19-13/h4-5,11,16-17H,2-3,6-8H2,1H3. The van der Waals surface area contributed by atoms with Crippen molar-refractivity contribution in [2.45, 2.75) is 18.9 Å². The van der Waals surface area contributed by atoms with Crippen molar-refractivity contribution in [3.05, 3.63) is 22.2 Å². The number of hydrogen-bond donors (Lipinski definition) is 2. The average Bonchev–Trinajstić information content (AvgIpc) is 3.18. The summed E-state index contributed by atoms with van der Waals surface area (Å²) in [4.78, 5) is 0. The van der Waals surface area contributed by atoms with Gasteiger partial charge in [0.05, 0.1) is 23.8 Å². The molecule has 1 aromatic carbocycles. The molecular formula is C14H18BrNO3. The molecule has 4 nitrogen and oxygen atoms in total. The van der Waals surface area contributed by atoms with Crippen molar-refractivity contribution in [2.75, 3.05) is 26.8 Å². The molecule has 1 heterocycles. The first-order valence-electron chi connectivity index (χ1n) is 6.55. The second-order valence-electron chi connectivity index (χ2n) is 5.48. The maximum absolute atomic E-state index is 10.1. The summed E-state index contributed by atoms with van der Waals surface area (Å²) in [7, 11) is 1.82. The zero-order valence-corrected chi connectivity index (χ0v) is 12.5. The zero-order chi connectivity index (χ0) is 13.5. The largest absolute Gasteiger partial charge is 0.489 e. The van der Waals surface area contributed by atoms with Gasteiger partial charge in [0.1, 0.15) is 0 Å². The summed E-state index contributed by atoms with van der Waals surface area (Å²) >= 11 is 3.51. The number of fused-ring (bicyclic) bond motifs is 1. The average molecular weight is 328 g/mol. The summed E-state index contributed by atoms with van der Waals surface area (Å²) in [6.07, 6.45) is 1.80. The first-order valence-corrected chi connectivity index (χ1v) is 7.35. The number of likely N-dealkylation sites (N-methyl/N-ethyl adjacent to an activating group) is 1. The van der Waals surface area contributed by atoms with Crippen molar-refractivity contribution in [3.63, 3.8) is 0 Å². The fourth-order valence-corrected chi connectivity index (χ4v) is 2.88. The van der Waals surface area contributed by atoms with Crippen LogP contribution in [0.2, 0.25) is 0 Å². The summed E-state index contributed by atoms with van der Waals surface area (Å²) in [5.74, 6) is 1.48. The number of benzene rings is 1. The molecule has 1 aliphatic heterocycles. The third kappa shape index (κ3) is 2.59. The summed E-state index contributed by atoms with van der Waals surface area (Å²) in [5, 5.41) is 13.0. The van der Waals surface area contributed by atoms with Crippen molar-refractivity contribution in [1.82, 2.24) is 5.32 Å². The second kappa shape index (κ2) is 4.96. The van der Waals surface area contributed by atoms with Crippen molar-refractivity contribution in [3.8, 4) is 11.5 Å². The summed E-state index contributed by atoms with van der Waals surface area (Å²) < 4.78 is 12.6. The lowest BCUT2D eigenvalue weighted by Gasteiger charge is -2.15. The maximum atomic E-state index is 10.1. The third-order valence-corrected chi connectivity index (χ3v) is 4.42. The Labute approximate surface area is 121 Å². The number of nitrogens with one attached hydrogen (secondary N) is 1. The van der Waals surface area contributed by atoms with Gasteiger partial charge >= 0.3 is 0 Å². The number of ether oxygens (including phenoxy) is 2. The highest BCUT2D eigenvalue weighted by Gasteiger charge is 2.46. The Bertz CT molecular complexity index is 488. The highest BCUT2D eigenvalue weighted by molar-refractivity contribution is 9.10. The van der Waals surface area contributed by atoms with Gasteiger partial charge in [-0.15, -0.1) is 0 Å². The minimum absolute atomic E-state index is 0.224. The topological polar surface area (TPSA) is 50.7 Å². The van der Waals surface area contributed by atoms with Crippen LogP contribution in [0.5, 0.6) is 11.5 Å². The van der Waals surface area contributed by atoms with Gasteiger partial charge < -0.3 is 19.9 Å². The molecule has 1 saturated carbocycles. The Balaban J connectivity index is 1.88. The molecule has 1 unspecified atom stereocenters. The lowest BCUT2D eigenvalue weighted by molar-refractivity contribution is 0.176. The van der Waals surface area contributed by atoms with Crippen LogP contribution in [0.25, 0.3) is 0 Å². The normalized spacial score (nSPS) is 21.0. The van der Waals surface area contributed by atoms with Crippen LogP contribution in [0.4, 0.5) is 0 Å². The molecule has 0 amide bonds. The molecule has 1 aromatic rings. The predicted octanol–water partition coefficient (Wildman–Crippen LogP) is 2.25. The Kier molecular flexibility index (Phi) is 3.45. The molecule has 2 N–H and O–H groups in total. The molecule has 3 rings (SSSR count). The highest BCUT2D eigenvalue weighted by atomic mass is 79.9. The van der Waals surface area contributed by atoms with Crippen molar-refractivity contribution >= 4 is 15.9 Å². The fourth-order valence-electron chi connectivity index (χ4n) is 2.30. The van der Waals surface area contributed by atoms with E-state index < -0.39 is 6.10 Å². The molecule has 2 aliphatic rings. The number of aliphatic hydroxyl groups is 1. The van der Waals surface area contributed by atoms with Crippen molar-refractivity contribution in [1.29, 1.82) is 0 Å². The van der Waals surface area contributed by atoms with Crippen LogP contribution < -0.4 is 14.8 Å². The van der Waals surface area contributed by atoms with E-state index in [0.717, 1.165) is 28.1 Å². The highest BCUT2D eigenvalue weighted by Crippen LogP contribution is 2.50. The number of halogens is 1. The first-order chi connectivity index (χ1) is 9.13.